The number of hydrogen-bond donors (Lipinski definition) is 1. The first-order valence-corrected chi connectivity index (χ1v) is 4.61. The van der Waals surface area contributed by atoms with Gasteiger partial charge >= 0.3 is 0 Å². The average Bonchev–Trinajstić information content (AvgIpc) is 2.03. The first-order valence-electron chi connectivity index (χ1n) is 4.61. The Bertz CT molecular complexity index is 271. The molecule has 1 nitrogen and oxygen atoms in total. The molecule has 1 atom stereocenters. The first-order chi connectivity index (χ1) is 6.11. The van der Waals surface area contributed by atoms with Crippen LogP contribution in [-0.2, 0) is 0 Å². The van der Waals surface area contributed by atoms with Crippen molar-refractivity contribution in [2.24, 2.45) is 0 Å². The maximum Gasteiger partial charge on any atom is 0.127 e. The topological polar surface area (TPSA) is 12.0 Å². The van der Waals surface area contributed by atoms with Crippen LogP contribution in [0.2, 0.25) is 0 Å². The number of rotatable bonds is 3. The maximum atomic E-state index is 13.3. The van der Waals surface area contributed by atoms with Crippen LogP contribution in [0.4, 0.5) is 4.39 Å². The Kier molecular flexibility index (Phi) is 3.43. The number of nitrogens with one attached hydrogen (secondary N) is 1. The summed E-state index contributed by atoms with van der Waals surface area (Å²) >= 11 is 0. The predicted octanol–water partition coefficient (Wildman–Crippen LogP) is 2.88. The van der Waals surface area contributed by atoms with Gasteiger partial charge in [0.2, 0.25) is 0 Å². The molecule has 1 rings (SSSR count). The zero-order valence-corrected chi connectivity index (χ0v) is 8.34. The van der Waals surface area contributed by atoms with Crippen LogP contribution in [0.1, 0.15) is 32.4 Å². The minimum Gasteiger partial charge on any atom is -0.308 e. The van der Waals surface area contributed by atoms with Crippen LogP contribution < -0.4 is 5.32 Å². The van der Waals surface area contributed by atoms with E-state index >= 15 is 0 Å². The zero-order chi connectivity index (χ0) is 9.84. The van der Waals surface area contributed by atoms with Crippen LogP contribution in [0.15, 0.2) is 24.3 Å². The van der Waals surface area contributed by atoms with Gasteiger partial charge in [0.1, 0.15) is 5.82 Å². The minimum absolute atomic E-state index is 0.0706. The lowest BCUT2D eigenvalue weighted by Gasteiger charge is -2.17. The van der Waals surface area contributed by atoms with Crippen molar-refractivity contribution in [3.8, 4) is 0 Å². The quantitative estimate of drug-likeness (QED) is 0.756. The molecule has 2 heteroatoms. The largest absolute Gasteiger partial charge is 0.308 e. The van der Waals surface area contributed by atoms with E-state index in [0.717, 1.165) is 5.56 Å². The first kappa shape index (κ1) is 10.2. The summed E-state index contributed by atoms with van der Waals surface area (Å²) < 4.78 is 13.3. The molecule has 0 aliphatic rings. The molecule has 1 N–H and O–H groups in total. The molecule has 0 amide bonds. The Morgan fingerprint density at radius 1 is 1.15 bits per heavy atom. The summed E-state index contributed by atoms with van der Waals surface area (Å²) in [7, 11) is 0. The molecule has 0 fully saturated rings. The lowest BCUT2D eigenvalue weighted by molar-refractivity contribution is 0.483. The van der Waals surface area contributed by atoms with Gasteiger partial charge in [-0.25, -0.2) is 4.39 Å². The van der Waals surface area contributed by atoms with E-state index in [-0.39, 0.29) is 11.9 Å². The van der Waals surface area contributed by atoms with Gasteiger partial charge in [-0.2, -0.15) is 0 Å². The minimum atomic E-state index is -0.136. The van der Waals surface area contributed by atoms with Crippen molar-refractivity contribution in [2.45, 2.75) is 32.9 Å². The second-order valence-electron chi connectivity index (χ2n) is 3.56. The molecule has 0 bridgehead atoms. The Morgan fingerprint density at radius 2 is 1.77 bits per heavy atom. The van der Waals surface area contributed by atoms with E-state index < -0.39 is 0 Å². The Balaban J connectivity index is 2.76. The molecule has 0 radical (unpaired) electrons. The Hall–Kier alpha value is -0.890. The van der Waals surface area contributed by atoms with Gasteiger partial charge in [0.25, 0.3) is 0 Å². The summed E-state index contributed by atoms with van der Waals surface area (Å²) in [5.74, 6) is -0.136. The normalized spacial score (nSPS) is 13.3. The van der Waals surface area contributed by atoms with E-state index in [0.29, 0.717) is 6.04 Å². The van der Waals surface area contributed by atoms with E-state index in [1.165, 1.54) is 6.07 Å². The monoisotopic (exact) mass is 181 g/mol. The molecule has 1 aromatic rings. The molecule has 0 saturated carbocycles. The van der Waals surface area contributed by atoms with Crippen LogP contribution in [0.25, 0.3) is 0 Å². The molecule has 1 unspecified atom stereocenters. The highest BCUT2D eigenvalue weighted by atomic mass is 19.1. The van der Waals surface area contributed by atoms with E-state index in [2.05, 4.69) is 19.2 Å². The van der Waals surface area contributed by atoms with Crippen molar-refractivity contribution in [3.05, 3.63) is 35.6 Å². The fourth-order valence-electron chi connectivity index (χ4n) is 1.42. The van der Waals surface area contributed by atoms with Gasteiger partial charge in [0, 0.05) is 17.6 Å². The predicted molar refractivity (Wildman–Crippen MR) is 53.1 cm³/mol. The van der Waals surface area contributed by atoms with Gasteiger partial charge < -0.3 is 5.32 Å². The van der Waals surface area contributed by atoms with Gasteiger partial charge in [0.15, 0.2) is 0 Å². The molecular formula is C11H16FN. The second-order valence-corrected chi connectivity index (χ2v) is 3.56. The standard InChI is InChI=1S/C11H16FN/c1-8(2)13-9(3)10-6-4-5-7-11(10)12/h4-9,13H,1-3H3. The van der Waals surface area contributed by atoms with E-state index in [4.69, 9.17) is 0 Å². The van der Waals surface area contributed by atoms with Crippen LogP contribution in [0.5, 0.6) is 0 Å². The summed E-state index contributed by atoms with van der Waals surface area (Å²) in [5.41, 5.74) is 0.733. The van der Waals surface area contributed by atoms with Crippen molar-refractivity contribution in [1.29, 1.82) is 0 Å². The van der Waals surface area contributed by atoms with Crippen LogP contribution in [-0.4, -0.2) is 6.04 Å². The summed E-state index contributed by atoms with van der Waals surface area (Å²) in [5, 5.41) is 3.26. The van der Waals surface area contributed by atoms with Crippen molar-refractivity contribution in [2.75, 3.05) is 0 Å². The molecule has 1 aromatic carbocycles. The number of benzene rings is 1. The fourth-order valence-corrected chi connectivity index (χ4v) is 1.42. The summed E-state index contributed by atoms with van der Waals surface area (Å²) in [6, 6.07) is 7.32. The van der Waals surface area contributed by atoms with Crippen molar-refractivity contribution >= 4 is 0 Å². The third-order valence-electron chi connectivity index (χ3n) is 1.96. The van der Waals surface area contributed by atoms with Crippen molar-refractivity contribution < 1.29 is 4.39 Å². The van der Waals surface area contributed by atoms with E-state index in [9.17, 15) is 4.39 Å². The highest BCUT2D eigenvalue weighted by molar-refractivity contribution is 5.20. The molecule has 0 heterocycles. The molecule has 0 aromatic heterocycles. The van der Waals surface area contributed by atoms with Crippen LogP contribution in [0, 0.1) is 5.82 Å². The Morgan fingerprint density at radius 3 is 2.31 bits per heavy atom. The van der Waals surface area contributed by atoms with Crippen molar-refractivity contribution in [3.63, 3.8) is 0 Å². The van der Waals surface area contributed by atoms with Gasteiger partial charge in [0.05, 0.1) is 0 Å². The molecule has 0 aliphatic carbocycles. The summed E-state index contributed by atoms with van der Waals surface area (Å²) in [6.45, 7) is 6.08. The molecular weight excluding hydrogens is 165 g/mol. The van der Waals surface area contributed by atoms with Crippen LogP contribution in [0.3, 0.4) is 0 Å². The van der Waals surface area contributed by atoms with Crippen LogP contribution >= 0.6 is 0 Å². The van der Waals surface area contributed by atoms with Gasteiger partial charge in [-0.1, -0.05) is 32.0 Å². The summed E-state index contributed by atoms with van der Waals surface area (Å²) in [4.78, 5) is 0. The third-order valence-corrected chi connectivity index (χ3v) is 1.96. The molecule has 0 spiro atoms. The zero-order valence-electron chi connectivity index (χ0n) is 8.34. The number of hydrogen-bond acceptors (Lipinski definition) is 1. The smallest absolute Gasteiger partial charge is 0.127 e. The SMILES string of the molecule is CC(C)NC(C)c1ccccc1F. The molecule has 13 heavy (non-hydrogen) atoms. The average molecular weight is 181 g/mol. The Labute approximate surface area is 79.0 Å². The van der Waals surface area contributed by atoms with Gasteiger partial charge in [-0.3, -0.25) is 0 Å². The second kappa shape index (κ2) is 4.38. The van der Waals surface area contributed by atoms with Crippen molar-refractivity contribution in [1.82, 2.24) is 5.32 Å². The molecule has 72 valence electrons. The van der Waals surface area contributed by atoms with E-state index in [1.807, 2.05) is 19.1 Å². The van der Waals surface area contributed by atoms with Gasteiger partial charge in [-0.05, 0) is 13.0 Å². The van der Waals surface area contributed by atoms with E-state index in [1.54, 1.807) is 6.07 Å². The maximum absolute atomic E-state index is 13.3. The van der Waals surface area contributed by atoms with Gasteiger partial charge in [-0.15, -0.1) is 0 Å². The highest BCUT2D eigenvalue weighted by Gasteiger charge is 2.09. The lowest BCUT2D eigenvalue weighted by Crippen LogP contribution is -2.26. The fraction of sp³-hybridized carbons (Fsp3) is 0.455. The molecule has 0 aliphatic heterocycles. The highest BCUT2D eigenvalue weighted by Crippen LogP contribution is 2.16. The number of halogens is 1. The third kappa shape index (κ3) is 2.81. The lowest BCUT2D eigenvalue weighted by atomic mass is 10.1. The molecule has 0 saturated heterocycles. The summed E-state index contributed by atoms with van der Waals surface area (Å²) in [6.07, 6.45) is 0.